The zero-order valence-electron chi connectivity index (χ0n) is 22.0. The maximum atomic E-state index is 12.6. The Morgan fingerprint density at radius 2 is 1.54 bits per heavy atom. The maximum absolute atomic E-state index is 12.6. The van der Waals surface area contributed by atoms with Crippen molar-refractivity contribution in [3.05, 3.63) is 35.9 Å². The van der Waals surface area contributed by atoms with E-state index in [2.05, 4.69) is 5.32 Å². The van der Waals surface area contributed by atoms with Crippen LogP contribution >= 0.6 is 0 Å². The number of nitrogens with zero attached hydrogens (tertiary/aromatic N) is 1. The Hall–Kier alpha value is -3.10. The van der Waals surface area contributed by atoms with Crippen molar-refractivity contribution in [2.45, 2.75) is 72.5 Å². The Balaban J connectivity index is 2.75. The predicted octanol–water partition coefficient (Wildman–Crippen LogP) is 3.49. The number of rotatable bonds is 11. The average molecular weight is 493 g/mol. The highest BCUT2D eigenvalue weighted by Gasteiger charge is 2.27. The lowest BCUT2D eigenvalue weighted by Crippen LogP contribution is -2.45. The molecule has 0 saturated carbocycles. The second kappa shape index (κ2) is 13.7. The van der Waals surface area contributed by atoms with E-state index in [-0.39, 0.29) is 38.6 Å². The number of nitrogens with one attached hydrogen (secondary N) is 1. The van der Waals surface area contributed by atoms with Crippen LogP contribution in [0.15, 0.2) is 30.3 Å². The van der Waals surface area contributed by atoms with Crippen molar-refractivity contribution in [3.8, 4) is 0 Å². The van der Waals surface area contributed by atoms with Gasteiger partial charge in [-0.05, 0) is 60.5 Å². The van der Waals surface area contributed by atoms with Crippen LogP contribution in [0.5, 0.6) is 0 Å². The molecular weight excluding hydrogens is 452 g/mol. The van der Waals surface area contributed by atoms with E-state index < -0.39 is 35.2 Å². The highest BCUT2D eigenvalue weighted by molar-refractivity contribution is 5.83. The lowest BCUT2D eigenvalue weighted by Gasteiger charge is -2.28. The van der Waals surface area contributed by atoms with E-state index in [1.165, 1.54) is 4.90 Å². The molecule has 0 aliphatic carbocycles. The second-order valence-corrected chi connectivity index (χ2v) is 10.2. The molecule has 0 bridgehead atoms. The Labute approximate surface area is 208 Å². The molecule has 1 rings (SSSR count). The quantitative estimate of drug-likeness (QED) is 0.372. The molecule has 0 aromatic heterocycles. The number of hydrogen-bond donors (Lipinski definition) is 1. The Bertz CT molecular complexity index is 841. The number of esters is 2. The van der Waals surface area contributed by atoms with E-state index in [0.717, 1.165) is 5.56 Å². The van der Waals surface area contributed by atoms with E-state index in [4.69, 9.17) is 14.2 Å². The molecule has 9 nitrogen and oxygen atoms in total. The van der Waals surface area contributed by atoms with Gasteiger partial charge in [-0.2, -0.15) is 0 Å². The molecule has 2 amide bonds. The maximum Gasteiger partial charge on any atom is 0.410 e. The summed E-state index contributed by atoms with van der Waals surface area (Å²) in [7, 11) is 0. The van der Waals surface area contributed by atoms with Crippen LogP contribution in [0.25, 0.3) is 0 Å². The van der Waals surface area contributed by atoms with Gasteiger partial charge in [-0.25, -0.2) is 4.79 Å². The van der Waals surface area contributed by atoms with Gasteiger partial charge >= 0.3 is 18.0 Å². The van der Waals surface area contributed by atoms with Gasteiger partial charge in [-0.3, -0.25) is 19.3 Å². The zero-order valence-corrected chi connectivity index (χ0v) is 22.0. The average Bonchev–Trinajstić information content (AvgIpc) is 2.71. The highest BCUT2D eigenvalue weighted by atomic mass is 16.6. The Kier molecular flexibility index (Phi) is 11.7. The molecule has 0 aliphatic heterocycles. The van der Waals surface area contributed by atoms with E-state index in [9.17, 15) is 19.2 Å². The minimum Gasteiger partial charge on any atom is -0.466 e. The first-order valence-electron chi connectivity index (χ1n) is 11.9. The molecule has 1 N–H and O–H groups in total. The molecule has 9 heteroatoms. The van der Waals surface area contributed by atoms with Crippen molar-refractivity contribution in [3.63, 3.8) is 0 Å². The minimum absolute atomic E-state index is 0.0304. The van der Waals surface area contributed by atoms with Crippen LogP contribution in [-0.4, -0.2) is 66.3 Å². The predicted molar refractivity (Wildman–Crippen MR) is 132 cm³/mol. The number of amides is 2. The molecule has 1 aromatic carbocycles. The van der Waals surface area contributed by atoms with Crippen molar-refractivity contribution in [1.29, 1.82) is 0 Å². The normalized spacial score (nSPS) is 12.3. The van der Waals surface area contributed by atoms with Gasteiger partial charge in [0.05, 0.1) is 12.5 Å². The SMILES string of the molecule is CCOC(=O)[C@H](CC(=O)NCCN(CC(=O)OC(C)(C)C)C(=O)OC(C)(C)C)Cc1ccccc1. The van der Waals surface area contributed by atoms with E-state index >= 15 is 0 Å². The molecule has 0 fully saturated rings. The molecule has 0 unspecified atom stereocenters. The first-order chi connectivity index (χ1) is 16.2. The Morgan fingerprint density at radius 3 is 2.09 bits per heavy atom. The van der Waals surface area contributed by atoms with Crippen molar-refractivity contribution in [2.24, 2.45) is 5.92 Å². The highest BCUT2D eigenvalue weighted by Crippen LogP contribution is 2.15. The van der Waals surface area contributed by atoms with Crippen molar-refractivity contribution < 1.29 is 33.4 Å². The summed E-state index contributed by atoms with van der Waals surface area (Å²) in [5.74, 6) is -2.02. The topological polar surface area (TPSA) is 111 Å². The lowest BCUT2D eigenvalue weighted by atomic mass is 9.96. The number of benzene rings is 1. The standard InChI is InChI=1S/C26H40N2O7/c1-8-33-23(31)20(16-19-12-10-9-11-13-19)17-21(29)27-14-15-28(24(32)35-26(5,6)7)18-22(30)34-25(2,3)4/h9-13,20H,8,14-18H2,1-7H3,(H,27,29)/t20-/m0/s1. The van der Waals surface area contributed by atoms with Crippen LogP contribution < -0.4 is 5.32 Å². The smallest absolute Gasteiger partial charge is 0.410 e. The summed E-state index contributed by atoms with van der Waals surface area (Å²) in [5, 5.41) is 2.72. The summed E-state index contributed by atoms with van der Waals surface area (Å²) in [4.78, 5) is 51.1. The third-order valence-corrected chi connectivity index (χ3v) is 4.47. The van der Waals surface area contributed by atoms with Gasteiger partial charge in [0, 0.05) is 19.5 Å². The monoisotopic (exact) mass is 492 g/mol. The summed E-state index contributed by atoms with van der Waals surface area (Å²) in [6.07, 6.45) is -0.381. The fourth-order valence-corrected chi connectivity index (χ4v) is 3.11. The van der Waals surface area contributed by atoms with Crippen molar-refractivity contribution >= 4 is 23.9 Å². The van der Waals surface area contributed by atoms with Crippen LogP contribution in [0.4, 0.5) is 4.79 Å². The summed E-state index contributed by atoms with van der Waals surface area (Å²) >= 11 is 0. The largest absolute Gasteiger partial charge is 0.466 e. The van der Waals surface area contributed by atoms with Gasteiger partial charge in [-0.15, -0.1) is 0 Å². The number of carbonyl (C=O) groups is 4. The molecule has 0 aliphatic rings. The first-order valence-corrected chi connectivity index (χ1v) is 11.9. The van der Waals surface area contributed by atoms with Gasteiger partial charge in [-0.1, -0.05) is 30.3 Å². The van der Waals surface area contributed by atoms with Gasteiger partial charge in [0.25, 0.3) is 0 Å². The van der Waals surface area contributed by atoms with Crippen LogP contribution in [0.2, 0.25) is 0 Å². The molecule has 0 spiro atoms. The summed E-state index contributed by atoms with van der Waals surface area (Å²) in [6.45, 7) is 12.1. The van der Waals surface area contributed by atoms with Crippen molar-refractivity contribution in [2.75, 3.05) is 26.2 Å². The molecule has 1 atom stereocenters. The number of hydrogen-bond acceptors (Lipinski definition) is 7. The molecule has 1 aromatic rings. The minimum atomic E-state index is -0.753. The molecule has 0 heterocycles. The van der Waals surface area contributed by atoms with E-state index in [0.29, 0.717) is 6.42 Å². The number of ether oxygens (including phenoxy) is 3. The second-order valence-electron chi connectivity index (χ2n) is 10.2. The zero-order chi connectivity index (χ0) is 26.6. The molecular formula is C26H40N2O7. The van der Waals surface area contributed by atoms with Gasteiger partial charge < -0.3 is 19.5 Å². The first kappa shape index (κ1) is 29.9. The summed E-state index contributed by atoms with van der Waals surface area (Å²) in [6, 6.07) is 9.39. The van der Waals surface area contributed by atoms with Gasteiger partial charge in [0.15, 0.2) is 0 Å². The molecule has 196 valence electrons. The summed E-state index contributed by atoms with van der Waals surface area (Å²) in [5.41, 5.74) is -0.533. The molecule has 0 saturated heterocycles. The van der Waals surface area contributed by atoms with Gasteiger partial charge in [0.2, 0.25) is 5.91 Å². The van der Waals surface area contributed by atoms with Crippen molar-refractivity contribution in [1.82, 2.24) is 10.2 Å². The molecule has 35 heavy (non-hydrogen) atoms. The third kappa shape index (κ3) is 13.4. The molecule has 0 radical (unpaired) electrons. The van der Waals surface area contributed by atoms with E-state index in [1.54, 1.807) is 48.5 Å². The van der Waals surface area contributed by atoms with Crippen LogP contribution in [0.3, 0.4) is 0 Å². The van der Waals surface area contributed by atoms with Crippen LogP contribution in [0, 0.1) is 5.92 Å². The van der Waals surface area contributed by atoms with Gasteiger partial charge in [0.1, 0.15) is 17.7 Å². The fraction of sp³-hybridized carbons (Fsp3) is 0.615. The Morgan fingerprint density at radius 1 is 0.943 bits per heavy atom. The van der Waals surface area contributed by atoms with Crippen LogP contribution in [0.1, 0.15) is 60.5 Å². The lowest BCUT2D eigenvalue weighted by molar-refractivity contribution is -0.156. The number of carbonyl (C=O) groups excluding carboxylic acids is 4. The van der Waals surface area contributed by atoms with Crippen LogP contribution in [-0.2, 0) is 35.0 Å². The fourth-order valence-electron chi connectivity index (χ4n) is 3.11. The summed E-state index contributed by atoms with van der Waals surface area (Å²) < 4.78 is 15.8. The third-order valence-electron chi connectivity index (χ3n) is 4.47. The van der Waals surface area contributed by atoms with E-state index in [1.807, 2.05) is 30.3 Å².